The summed E-state index contributed by atoms with van der Waals surface area (Å²) in [6.07, 6.45) is 0. The van der Waals surface area contributed by atoms with Crippen LogP contribution in [0.15, 0.2) is 60.7 Å². The summed E-state index contributed by atoms with van der Waals surface area (Å²) in [4.78, 5) is 0. The molecule has 0 bridgehead atoms. The third-order valence-electron chi connectivity index (χ3n) is 3.31. The van der Waals surface area contributed by atoms with Crippen molar-refractivity contribution in [3.63, 3.8) is 0 Å². The maximum Gasteiger partial charge on any atom is 0.127 e. The number of ether oxygens (including phenoxy) is 1. The van der Waals surface area contributed by atoms with Crippen LogP contribution in [-0.4, -0.2) is 0 Å². The van der Waals surface area contributed by atoms with Crippen molar-refractivity contribution >= 4 is 22.4 Å². The number of nitriles is 1. The molecule has 3 heteroatoms. The second kappa shape index (κ2) is 5.87. The van der Waals surface area contributed by atoms with Crippen LogP contribution < -0.4 is 4.74 Å². The molecule has 0 aliphatic heterocycles. The summed E-state index contributed by atoms with van der Waals surface area (Å²) >= 11 is 5.87. The molecule has 0 atom stereocenters. The summed E-state index contributed by atoms with van der Waals surface area (Å²) in [5.41, 5.74) is 1.71. The van der Waals surface area contributed by atoms with E-state index in [0.717, 1.165) is 22.1 Å². The van der Waals surface area contributed by atoms with Gasteiger partial charge in [-0.05, 0) is 29.8 Å². The van der Waals surface area contributed by atoms with Gasteiger partial charge < -0.3 is 4.74 Å². The molecule has 3 aromatic carbocycles. The van der Waals surface area contributed by atoms with Crippen molar-refractivity contribution in [3.8, 4) is 11.8 Å². The molecule has 2 nitrogen and oxygen atoms in total. The Bertz CT molecular complexity index is 819. The van der Waals surface area contributed by atoms with Gasteiger partial charge in [-0.15, -0.1) is 0 Å². The first-order valence-corrected chi connectivity index (χ1v) is 6.95. The van der Waals surface area contributed by atoms with Gasteiger partial charge in [0.25, 0.3) is 0 Å². The average Bonchev–Trinajstić information content (AvgIpc) is 2.54. The Kier molecular flexibility index (Phi) is 3.77. The highest BCUT2D eigenvalue weighted by atomic mass is 35.5. The lowest BCUT2D eigenvalue weighted by Gasteiger charge is -2.10. The highest BCUT2D eigenvalue weighted by Gasteiger charge is 2.06. The van der Waals surface area contributed by atoms with E-state index in [1.807, 2.05) is 54.6 Å². The minimum absolute atomic E-state index is 0.465. The maximum absolute atomic E-state index is 9.16. The van der Waals surface area contributed by atoms with Crippen molar-refractivity contribution in [3.05, 3.63) is 76.8 Å². The number of halogens is 1. The maximum atomic E-state index is 9.16. The fraction of sp³-hybridized carbons (Fsp3) is 0.0556. The number of hydrogen-bond donors (Lipinski definition) is 0. The van der Waals surface area contributed by atoms with Crippen LogP contribution in [0, 0.1) is 11.3 Å². The predicted molar refractivity (Wildman–Crippen MR) is 84.4 cm³/mol. The van der Waals surface area contributed by atoms with Gasteiger partial charge in [0.05, 0.1) is 11.6 Å². The van der Waals surface area contributed by atoms with Crippen LogP contribution >= 0.6 is 11.6 Å². The van der Waals surface area contributed by atoms with E-state index in [1.54, 1.807) is 6.07 Å². The van der Waals surface area contributed by atoms with Gasteiger partial charge in [-0.1, -0.05) is 48.0 Å². The lowest BCUT2D eigenvalue weighted by molar-refractivity contribution is 0.310. The van der Waals surface area contributed by atoms with Crippen molar-refractivity contribution in [2.75, 3.05) is 0 Å². The third kappa shape index (κ3) is 2.84. The van der Waals surface area contributed by atoms with E-state index in [2.05, 4.69) is 6.07 Å². The van der Waals surface area contributed by atoms with Crippen LogP contribution in [0.3, 0.4) is 0 Å². The van der Waals surface area contributed by atoms with E-state index in [9.17, 15) is 0 Å². The summed E-state index contributed by atoms with van der Waals surface area (Å²) < 4.78 is 5.89. The first kappa shape index (κ1) is 13.5. The van der Waals surface area contributed by atoms with Crippen molar-refractivity contribution in [2.45, 2.75) is 6.61 Å². The number of hydrogen-bond acceptors (Lipinski definition) is 2. The average molecular weight is 294 g/mol. The molecular formula is C18H12ClNO. The van der Waals surface area contributed by atoms with Gasteiger partial charge in [-0.3, -0.25) is 0 Å². The van der Waals surface area contributed by atoms with E-state index in [4.69, 9.17) is 21.6 Å². The van der Waals surface area contributed by atoms with E-state index < -0.39 is 0 Å². The van der Waals surface area contributed by atoms with E-state index >= 15 is 0 Å². The summed E-state index contributed by atoms with van der Waals surface area (Å²) in [6, 6.07) is 21.2. The van der Waals surface area contributed by atoms with Crippen molar-refractivity contribution in [1.82, 2.24) is 0 Å². The molecule has 0 aliphatic carbocycles. The van der Waals surface area contributed by atoms with Crippen LogP contribution in [0.2, 0.25) is 5.02 Å². The van der Waals surface area contributed by atoms with Gasteiger partial charge in [-0.25, -0.2) is 0 Å². The second-order valence-corrected chi connectivity index (χ2v) is 5.12. The quantitative estimate of drug-likeness (QED) is 0.685. The van der Waals surface area contributed by atoms with Crippen molar-refractivity contribution < 1.29 is 4.74 Å². The second-order valence-electron chi connectivity index (χ2n) is 4.68. The minimum atomic E-state index is 0.465. The summed E-state index contributed by atoms with van der Waals surface area (Å²) in [5.74, 6) is 0.777. The molecule has 0 N–H and O–H groups in total. The topological polar surface area (TPSA) is 33.0 Å². The Balaban J connectivity index is 1.91. The fourth-order valence-corrected chi connectivity index (χ4v) is 2.36. The SMILES string of the molecule is N#Cc1ccc(OCc2ccc(Cl)cc2)c2ccccc12. The highest BCUT2D eigenvalue weighted by Crippen LogP contribution is 2.28. The van der Waals surface area contributed by atoms with Crippen LogP contribution in [0.5, 0.6) is 5.75 Å². The Hall–Kier alpha value is -2.50. The Morgan fingerprint density at radius 2 is 1.62 bits per heavy atom. The monoisotopic (exact) mass is 293 g/mol. The lowest BCUT2D eigenvalue weighted by Crippen LogP contribution is -1.96. The molecule has 0 fully saturated rings. The molecule has 0 spiro atoms. The molecule has 0 saturated heterocycles. The zero-order valence-electron chi connectivity index (χ0n) is 11.2. The minimum Gasteiger partial charge on any atom is -0.488 e. The highest BCUT2D eigenvalue weighted by molar-refractivity contribution is 6.30. The smallest absolute Gasteiger partial charge is 0.127 e. The normalized spacial score (nSPS) is 10.3. The Morgan fingerprint density at radius 3 is 2.33 bits per heavy atom. The molecule has 0 aliphatic rings. The van der Waals surface area contributed by atoms with Gasteiger partial charge in [0, 0.05) is 15.8 Å². The van der Waals surface area contributed by atoms with Crippen LogP contribution in [0.1, 0.15) is 11.1 Å². The molecule has 0 unspecified atom stereocenters. The standard InChI is InChI=1S/C18H12ClNO/c19-15-8-5-13(6-9-15)12-21-18-10-7-14(11-20)16-3-1-2-4-17(16)18/h1-10H,12H2. The van der Waals surface area contributed by atoms with Gasteiger partial charge >= 0.3 is 0 Å². The van der Waals surface area contributed by atoms with Crippen LogP contribution in [0.25, 0.3) is 10.8 Å². The lowest BCUT2D eigenvalue weighted by atomic mass is 10.0. The van der Waals surface area contributed by atoms with Crippen molar-refractivity contribution in [2.24, 2.45) is 0 Å². The number of nitrogens with zero attached hydrogens (tertiary/aromatic N) is 1. The predicted octanol–water partition coefficient (Wildman–Crippen LogP) is 4.94. The van der Waals surface area contributed by atoms with Crippen LogP contribution in [0.4, 0.5) is 0 Å². The van der Waals surface area contributed by atoms with E-state index in [0.29, 0.717) is 17.2 Å². The van der Waals surface area contributed by atoms with Gasteiger partial charge in [0.15, 0.2) is 0 Å². The summed E-state index contributed by atoms with van der Waals surface area (Å²) in [5, 5.41) is 11.7. The van der Waals surface area contributed by atoms with Crippen LogP contribution in [-0.2, 0) is 6.61 Å². The molecular weight excluding hydrogens is 282 g/mol. The molecule has 3 rings (SSSR count). The van der Waals surface area contributed by atoms with Gasteiger partial charge in [-0.2, -0.15) is 5.26 Å². The molecule has 0 saturated carbocycles. The van der Waals surface area contributed by atoms with Crippen molar-refractivity contribution in [1.29, 1.82) is 5.26 Å². The van der Waals surface area contributed by atoms with Gasteiger partial charge in [0.2, 0.25) is 0 Å². The molecule has 21 heavy (non-hydrogen) atoms. The van der Waals surface area contributed by atoms with Gasteiger partial charge in [0.1, 0.15) is 12.4 Å². The zero-order valence-corrected chi connectivity index (χ0v) is 12.0. The summed E-state index contributed by atoms with van der Waals surface area (Å²) in [6.45, 7) is 0.465. The Morgan fingerprint density at radius 1 is 0.905 bits per heavy atom. The molecule has 3 aromatic rings. The molecule has 0 amide bonds. The number of rotatable bonds is 3. The summed E-state index contributed by atoms with van der Waals surface area (Å²) in [7, 11) is 0. The zero-order chi connectivity index (χ0) is 14.7. The fourth-order valence-electron chi connectivity index (χ4n) is 2.24. The molecule has 0 heterocycles. The molecule has 0 aromatic heterocycles. The first-order valence-electron chi connectivity index (χ1n) is 6.57. The molecule has 102 valence electrons. The largest absolute Gasteiger partial charge is 0.488 e. The Labute approximate surface area is 128 Å². The number of benzene rings is 3. The van der Waals surface area contributed by atoms with E-state index in [-0.39, 0.29) is 0 Å². The van der Waals surface area contributed by atoms with E-state index in [1.165, 1.54) is 0 Å². The first-order chi connectivity index (χ1) is 10.3. The third-order valence-corrected chi connectivity index (χ3v) is 3.56. The number of fused-ring (bicyclic) bond motifs is 1. The molecule has 0 radical (unpaired) electrons.